The van der Waals surface area contributed by atoms with Gasteiger partial charge in [-0.15, -0.1) is 5.10 Å². The third-order valence-corrected chi connectivity index (χ3v) is 6.95. The Bertz CT molecular complexity index is 1300. The summed E-state index contributed by atoms with van der Waals surface area (Å²) in [4.78, 5) is 35.5. The van der Waals surface area contributed by atoms with Crippen LogP contribution in [-0.2, 0) is 35.1 Å². The van der Waals surface area contributed by atoms with E-state index in [2.05, 4.69) is 32.3 Å². The highest BCUT2D eigenvalue weighted by molar-refractivity contribution is 5.96. The van der Waals surface area contributed by atoms with Crippen molar-refractivity contribution in [2.45, 2.75) is 96.2 Å². The lowest BCUT2D eigenvalue weighted by Gasteiger charge is -2.42. The fourth-order valence-corrected chi connectivity index (χ4v) is 4.63. The molecule has 3 amide bonds. The number of nitrogens with zero attached hydrogens (tertiary/aromatic N) is 4. The molecule has 1 aromatic carbocycles. The van der Waals surface area contributed by atoms with Crippen LogP contribution in [0, 0.1) is 11.3 Å². The summed E-state index contributed by atoms with van der Waals surface area (Å²) in [5.41, 5.74) is 1.71. The zero-order chi connectivity index (χ0) is 32.8. The number of hydrogen-bond acceptors (Lipinski definition) is 11. The van der Waals surface area contributed by atoms with Gasteiger partial charge in [-0.05, 0) is 38.8 Å². The Kier molecular flexibility index (Phi) is 14.3. The molecule has 1 saturated heterocycles. The normalized spacial score (nSPS) is 21.2. The summed E-state index contributed by atoms with van der Waals surface area (Å²) < 4.78 is 18.6. The summed E-state index contributed by atoms with van der Waals surface area (Å²) in [6, 6.07) is 8.01. The van der Waals surface area contributed by atoms with Gasteiger partial charge < -0.3 is 40.4 Å². The van der Waals surface area contributed by atoms with Crippen LogP contribution in [0.2, 0.25) is 0 Å². The number of benzene rings is 1. The molecule has 0 saturated carbocycles. The topological polar surface area (TPSA) is 210 Å². The average molecular weight is 630 g/mol. The molecule has 246 valence electrons. The molecule has 5 atom stereocenters. The molecule has 0 aliphatic carbocycles. The number of rotatable bonds is 17. The largest absolute Gasteiger partial charge is 0.388 e. The van der Waals surface area contributed by atoms with Gasteiger partial charge >= 0.3 is 0 Å². The first-order chi connectivity index (χ1) is 21.6. The molecule has 1 aromatic heterocycles. The van der Waals surface area contributed by atoms with E-state index >= 15 is 0 Å². The minimum absolute atomic E-state index is 0.0174. The first kappa shape index (κ1) is 35.5. The number of nitriles is 1. The molecule has 1 fully saturated rings. The van der Waals surface area contributed by atoms with Crippen molar-refractivity contribution in [2.24, 2.45) is 0 Å². The summed E-state index contributed by atoms with van der Waals surface area (Å²) in [6.45, 7) is 5.81. The van der Waals surface area contributed by atoms with Gasteiger partial charge in [0.25, 0.3) is 0 Å². The predicted molar refractivity (Wildman–Crippen MR) is 160 cm³/mol. The van der Waals surface area contributed by atoms with Crippen LogP contribution in [0.1, 0.15) is 58.4 Å². The highest BCUT2D eigenvalue weighted by atomic mass is 16.7. The van der Waals surface area contributed by atoms with Crippen LogP contribution in [0.3, 0.4) is 0 Å². The molecule has 1 aliphatic heterocycles. The minimum Gasteiger partial charge on any atom is -0.388 e. The Hall–Kier alpha value is -3.94. The Morgan fingerprint density at radius 1 is 1.11 bits per heavy atom. The number of carbonyl (C=O) groups excluding carboxylic acids is 3. The van der Waals surface area contributed by atoms with E-state index in [0.29, 0.717) is 36.2 Å². The van der Waals surface area contributed by atoms with Gasteiger partial charge in [0.05, 0.1) is 30.5 Å². The van der Waals surface area contributed by atoms with Crippen molar-refractivity contribution in [3.05, 3.63) is 36.0 Å². The van der Waals surface area contributed by atoms with Gasteiger partial charge in [-0.3, -0.25) is 14.4 Å². The maximum absolute atomic E-state index is 11.9. The zero-order valence-corrected chi connectivity index (χ0v) is 25.8. The molecule has 0 spiro atoms. The maximum atomic E-state index is 11.9. The van der Waals surface area contributed by atoms with Crippen molar-refractivity contribution in [3.63, 3.8) is 0 Å². The van der Waals surface area contributed by atoms with Crippen molar-refractivity contribution in [2.75, 3.05) is 19.9 Å². The Balaban J connectivity index is 1.43. The number of aliphatic hydroxyl groups excluding tert-OH is 2. The molecule has 15 heteroatoms. The van der Waals surface area contributed by atoms with E-state index in [1.165, 1.54) is 11.6 Å². The van der Waals surface area contributed by atoms with Gasteiger partial charge in [-0.25, -0.2) is 4.68 Å². The van der Waals surface area contributed by atoms with Crippen LogP contribution >= 0.6 is 0 Å². The number of unbranched alkanes of at least 4 members (excludes halogenated alkanes) is 3. The average Bonchev–Trinajstić information content (AvgIpc) is 3.47. The second-order valence-corrected chi connectivity index (χ2v) is 11.0. The Morgan fingerprint density at radius 2 is 1.87 bits per heavy atom. The number of carbonyl (C=O) groups is 3. The molecule has 0 radical (unpaired) electrons. The van der Waals surface area contributed by atoms with Gasteiger partial charge in [-0.2, -0.15) is 5.26 Å². The number of nitrogens with one attached hydrogen (secondary N) is 3. The van der Waals surface area contributed by atoms with Gasteiger partial charge in [0.1, 0.15) is 43.2 Å². The van der Waals surface area contributed by atoms with E-state index in [1.807, 2.05) is 13.8 Å². The lowest BCUT2D eigenvalue weighted by Crippen LogP contribution is -2.64. The minimum atomic E-state index is -1.36. The summed E-state index contributed by atoms with van der Waals surface area (Å²) >= 11 is 0. The second-order valence-electron chi connectivity index (χ2n) is 11.0. The standard InChI is InChI=1S/C30H43N7O8/c1-19(2)44-18-33-26(40)14-25(39)32-11-6-4-5-7-12-43-30-27(34-20(3)38)29(42)28(41)24(45-30)17-37-16-23(35-36-37)22-10-8-9-21(13-22)15-31/h8-10,13,16,19,24,27-30,41-42H,4-7,11-12,14,17-18H2,1-3H3,(H,32,39)(H,33,40)(H,34,38). The van der Waals surface area contributed by atoms with E-state index in [9.17, 15) is 24.6 Å². The summed E-state index contributed by atoms with van der Waals surface area (Å²) in [5.74, 6) is -1.17. The molecular formula is C30H43N7O8. The smallest absolute Gasteiger partial charge is 0.231 e. The molecule has 5 N–H and O–H groups in total. The number of aliphatic hydroxyl groups is 2. The molecule has 15 nitrogen and oxygen atoms in total. The van der Waals surface area contributed by atoms with Crippen LogP contribution < -0.4 is 16.0 Å². The molecule has 2 heterocycles. The van der Waals surface area contributed by atoms with Crippen LogP contribution in [-0.4, -0.2) is 99.6 Å². The summed E-state index contributed by atoms with van der Waals surface area (Å²) in [6.07, 6.45) is -0.326. The molecule has 45 heavy (non-hydrogen) atoms. The zero-order valence-electron chi connectivity index (χ0n) is 25.8. The Morgan fingerprint density at radius 3 is 2.60 bits per heavy atom. The molecule has 0 bridgehead atoms. The lowest BCUT2D eigenvalue weighted by atomic mass is 9.96. The van der Waals surface area contributed by atoms with Gasteiger partial charge in [0.2, 0.25) is 17.7 Å². The third-order valence-electron chi connectivity index (χ3n) is 6.95. The highest BCUT2D eigenvalue weighted by Crippen LogP contribution is 2.25. The van der Waals surface area contributed by atoms with Crippen molar-refractivity contribution in [3.8, 4) is 17.3 Å². The van der Waals surface area contributed by atoms with E-state index in [1.54, 1.807) is 30.5 Å². The predicted octanol–water partition coefficient (Wildman–Crippen LogP) is 0.350. The van der Waals surface area contributed by atoms with Crippen LogP contribution in [0.5, 0.6) is 0 Å². The SMILES string of the molecule is CC(=O)NC1C(OCCCCCCNC(=O)CC(=O)NCOC(C)C)OC(Cn2cc(-c3cccc(C#N)c3)nn2)C(O)C1O. The fourth-order valence-electron chi connectivity index (χ4n) is 4.63. The molecule has 1 aliphatic rings. The van der Waals surface area contributed by atoms with E-state index < -0.39 is 42.5 Å². The molecule has 3 rings (SSSR count). The maximum Gasteiger partial charge on any atom is 0.231 e. The van der Waals surface area contributed by atoms with Crippen LogP contribution in [0.15, 0.2) is 30.5 Å². The van der Waals surface area contributed by atoms with E-state index in [4.69, 9.17) is 19.5 Å². The third kappa shape index (κ3) is 11.8. The monoisotopic (exact) mass is 629 g/mol. The quantitative estimate of drug-likeness (QED) is 0.0916. The van der Waals surface area contributed by atoms with E-state index in [0.717, 1.165) is 12.8 Å². The van der Waals surface area contributed by atoms with Crippen molar-refractivity contribution in [1.29, 1.82) is 5.26 Å². The van der Waals surface area contributed by atoms with Gasteiger partial charge in [0, 0.05) is 25.6 Å². The van der Waals surface area contributed by atoms with Crippen molar-refractivity contribution < 1.29 is 38.8 Å². The first-order valence-electron chi connectivity index (χ1n) is 15.0. The van der Waals surface area contributed by atoms with Crippen LogP contribution in [0.25, 0.3) is 11.3 Å². The second kappa shape index (κ2) is 18.1. The van der Waals surface area contributed by atoms with Gasteiger partial charge in [-0.1, -0.05) is 30.2 Å². The number of aromatic nitrogens is 3. The molecular weight excluding hydrogens is 586 g/mol. The van der Waals surface area contributed by atoms with Gasteiger partial charge in [0.15, 0.2) is 6.29 Å². The van der Waals surface area contributed by atoms with E-state index in [-0.39, 0.29) is 38.3 Å². The van der Waals surface area contributed by atoms with Crippen molar-refractivity contribution >= 4 is 17.7 Å². The number of amides is 3. The van der Waals surface area contributed by atoms with Crippen LogP contribution in [0.4, 0.5) is 0 Å². The lowest BCUT2D eigenvalue weighted by molar-refractivity contribution is -0.267. The summed E-state index contributed by atoms with van der Waals surface area (Å²) in [5, 5.41) is 46.9. The highest BCUT2D eigenvalue weighted by Gasteiger charge is 2.45. The summed E-state index contributed by atoms with van der Waals surface area (Å²) in [7, 11) is 0. The Labute approximate surface area is 262 Å². The molecule has 5 unspecified atom stereocenters. The number of ether oxygens (including phenoxy) is 3. The first-order valence-corrected chi connectivity index (χ1v) is 15.0. The number of hydrogen-bond donors (Lipinski definition) is 5. The molecule has 2 aromatic rings. The van der Waals surface area contributed by atoms with Crippen molar-refractivity contribution in [1.82, 2.24) is 30.9 Å². The fraction of sp³-hybridized carbons (Fsp3) is 0.600.